The minimum Gasteiger partial charge on any atom is -0.446 e. The minimum absolute atomic E-state index is 0.0121. The fourth-order valence-electron chi connectivity index (χ4n) is 7.10. The molecule has 47 heavy (non-hydrogen) atoms. The standard InChI is InChI=1S/C35H49N5O7/c1-5-11-25(28(42)31(44)36-22-16-17-22)37-30(43)26-18-35(19-27(41)39(20-35)23-12-7-6-8-13-23)21-40(26)32(45)29(34(2,3)4)38-33(46)47-24-14-9-10-15-24/h6-8,12-13,22,24-26,29H,5,9-11,14-21H2,1-4H3,(H,36,44)(H,37,43)(H,38,46)/t25-,26-,29+,35-/m0/s1. The van der Waals surface area contributed by atoms with Crippen molar-refractivity contribution in [1.82, 2.24) is 20.9 Å². The number of para-hydroxylation sites is 1. The van der Waals surface area contributed by atoms with Crippen LogP contribution in [0.2, 0.25) is 0 Å². The molecule has 1 spiro atoms. The maximum Gasteiger partial charge on any atom is 0.408 e. The highest BCUT2D eigenvalue weighted by Crippen LogP contribution is 2.45. The molecular formula is C35H49N5O7. The van der Waals surface area contributed by atoms with Crippen molar-refractivity contribution in [3.8, 4) is 0 Å². The lowest BCUT2D eigenvalue weighted by Gasteiger charge is -2.36. The van der Waals surface area contributed by atoms with Crippen LogP contribution in [0.1, 0.15) is 91.9 Å². The molecule has 0 aromatic heterocycles. The molecule has 4 atom stereocenters. The molecule has 0 unspecified atom stereocenters. The van der Waals surface area contributed by atoms with Gasteiger partial charge >= 0.3 is 6.09 Å². The molecule has 2 aliphatic heterocycles. The van der Waals surface area contributed by atoms with E-state index in [0.29, 0.717) is 13.0 Å². The molecule has 3 N–H and O–H groups in total. The smallest absolute Gasteiger partial charge is 0.408 e. The molecule has 1 aromatic carbocycles. The van der Waals surface area contributed by atoms with Crippen molar-refractivity contribution in [1.29, 1.82) is 0 Å². The highest BCUT2D eigenvalue weighted by atomic mass is 16.6. The second kappa shape index (κ2) is 14.0. The largest absolute Gasteiger partial charge is 0.446 e. The van der Waals surface area contributed by atoms with E-state index in [4.69, 9.17) is 4.74 Å². The number of carbonyl (C=O) groups excluding carboxylic acids is 6. The molecule has 5 rings (SSSR count). The molecule has 1 aromatic rings. The van der Waals surface area contributed by atoms with Crippen molar-refractivity contribution in [2.75, 3.05) is 18.0 Å². The number of benzene rings is 1. The molecule has 12 nitrogen and oxygen atoms in total. The number of Topliss-reactive ketones (excluding diaryl/α,β-unsaturated/α-hetero) is 1. The van der Waals surface area contributed by atoms with Crippen LogP contribution in [0, 0.1) is 10.8 Å². The molecule has 4 aliphatic rings. The molecule has 256 valence electrons. The van der Waals surface area contributed by atoms with Crippen LogP contribution >= 0.6 is 0 Å². The van der Waals surface area contributed by atoms with Gasteiger partial charge in [0.05, 0.1) is 6.04 Å². The number of nitrogens with one attached hydrogen (secondary N) is 3. The first-order valence-electron chi connectivity index (χ1n) is 17.1. The Morgan fingerprint density at radius 2 is 1.66 bits per heavy atom. The summed E-state index contributed by atoms with van der Waals surface area (Å²) in [5.74, 6) is -2.57. The summed E-state index contributed by atoms with van der Waals surface area (Å²) in [5, 5.41) is 8.29. The predicted molar refractivity (Wildman–Crippen MR) is 174 cm³/mol. The van der Waals surface area contributed by atoms with Gasteiger partial charge in [-0.1, -0.05) is 52.3 Å². The second-order valence-electron chi connectivity index (χ2n) is 14.9. The zero-order valence-corrected chi connectivity index (χ0v) is 28.0. The van der Waals surface area contributed by atoms with E-state index in [2.05, 4.69) is 16.0 Å². The van der Waals surface area contributed by atoms with Gasteiger partial charge < -0.3 is 30.5 Å². The average Bonchev–Trinajstić information content (AvgIpc) is 3.39. The third-order valence-corrected chi connectivity index (χ3v) is 9.78. The summed E-state index contributed by atoms with van der Waals surface area (Å²) in [4.78, 5) is 83.9. The Hall–Kier alpha value is -3.96. The van der Waals surface area contributed by atoms with E-state index in [1.54, 1.807) is 4.90 Å². The predicted octanol–water partition coefficient (Wildman–Crippen LogP) is 3.23. The lowest BCUT2D eigenvalue weighted by Crippen LogP contribution is -2.59. The lowest BCUT2D eigenvalue weighted by atomic mass is 9.84. The van der Waals surface area contributed by atoms with Gasteiger partial charge in [-0.3, -0.25) is 24.0 Å². The fraction of sp³-hybridized carbons (Fsp3) is 0.657. The number of anilines is 1. The van der Waals surface area contributed by atoms with E-state index < -0.39 is 58.6 Å². The number of likely N-dealkylation sites (tertiary alicyclic amines) is 1. The van der Waals surface area contributed by atoms with Crippen molar-refractivity contribution < 1.29 is 33.5 Å². The van der Waals surface area contributed by atoms with Gasteiger partial charge in [-0.15, -0.1) is 0 Å². The van der Waals surface area contributed by atoms with Crippen LogP contribution in [0.25, 0.3) is 0 Å². The summed E-state index contributed by atoms with van der Waals surface area (Å²) < 4.78 is 5.63. The Morgan fingerprint density at radius 1 is 0.979 bits per heavy atom. The van der Waals surface area contributed by atoms with Gasteiger partial charge in [0, 0.05) is 36.7 Å². The fourth-order valence-corrected chi connectivity index (χ4v) is 7.10. The van der Waals surface area contributed by atoms with Crippen molar-refractivity contribution in [2.45, 2.75) is 122 Å². The van der Waals surface area contributed by atoms with Gasteiger partial charge in [-0.25, -0.2) is 4.79 Å². The maximum atomic E-state index is 14.5. The third-order valence-electron chi connectivity index (χ3n) is 9.78. The van der Waals surface area contributed by atoms with E-state index in [1.807, 2.05) is 58.0 Å². The van der Waals surface area contributed by atoms with Crippen LogP contribution in [0.5, 0.6) is 0 Å². The normalized spacial score (nSPS) is 24.3. The van der Waals surface area contributed by atoms with E-state index in [1.165, 1.54) is 4.90 Å². The van der Waals surface area contributed by atoms with Crippen LogP contribution in [0.4, 0.5) is 10.5 Å². The van der Waals surface area contributed by atoms with Gasteiger partial charge in [0.15, 0.2) is 0 Å². The first-order valence-corrected chi connectivity index (χ1v) is 17.1. The molecule has 2 heterocycles. The number of hydrogen-bond acceptors (Lipinski definition) is 7. The Kier molecular flexibility index (Phi) is 10.3. The Bertz CT molecular complexity index is 1370. The van der Waals surface area contributed by atoms with Crippen LogP contribution in [-0.2, 0) is 28.7 Å². The van der Waals surface area contributed by atoms with Gasteiger partial charge in [-0.2, -0.15) is 0 Å². The van der Waals surface area contributed by atoms with Crippen LogP contribution < -0.4 is 20.9 Å². The SMILES string of the molecule is CCC[C@H](NC(=O)[C@@H]1C[C@@]2(CC(=O)N(c3ccccc3)C2)CN1C(=O)[C@@H](NC(=O)OC1CCCC1)C(C)(C)C)C(=O)C(=O)NC1CC1. The highest BCUT2D eigenvalue weighted by Gasteiger charge is 2.56. The number of carbonyl (C=O) groups is 6. The van der Waals surface area contributed by atoms with Crippen molar-refractivity contribution in [3.63, 3.8) is 0 Å². The molecule has 2 saturated heterocycles. The topological polar surface area (TPSA) is 154 Å². The number of nitrogens with zero attached hydrogens (tertiary/aromatic N) is 2. The summed E-state index contributed by atoms with van der Waals surface area (Å²) in [6.45, 7) is 7.77. The van der Waals surface area contributed by atoms with Crippen molar-refractivity contribution in [2.24, 2.45) is 10.8 Å². The van der Waals surface area contributed by atoms with Crippen molar-refractivity contribution >= 4 is 41.2 Å². The molecule has 12 heteroatoms. The van der Waals surface area contributed by atoms with Crippen LogP contribution in [0.3, 0.4) is 0 Å². The molecular weight excluding hydrogens is 602 g/mol. The zero-order valence-electron chi connectivity index (χ0n) is 28.0. The molecule has 4 fully saturated rings. The lowest BCUT2D eigenvalue weighted by molar-refractivity contribution is -0.144. The monoisotopic (exact) mass is 651 g/mol. The second-order valence-corrected chi connectivity index (χ2v) is 14.9. The molecule has 2 saturated carbocycles. The summed E-state index contributed by atoms with van der Waals surface area (Å²) in [5.41, 5.74) is -0.740. The van der Waals surface area contributed by atoms with Gasteiger partial charge in [0.1, 0.15) is 18.2 Å². The van der Waals surface area contributed by atoms with Crippen molar-refractivity contribution in [3.05, 3.63) is 30.3 Å². The number of ketones is 1. The van der Waals surface area contributed by atoms with E-state index in [0.717, 1.165) is 44.2 Å². The molecule has 5 amide bonds. The summed E-state index contributed by atoms with van der Waals surface area (Å²) >= 11 is 0. The van der Waals surface area contributed by atoms with E-state index in [-0.39, 0.29) is 43.9 Å². The van der Waals surface area contributed by atoms with E-state index >= 15 is 0 Å². The van der Waals surface area contributed by atoms with Gasteiger partial charge in [0.2, 0.25) is 23.5 Å². The number of rotatable bonds is 11. The first-order chi connectivity index (χ1) is 22.3. The first kappa shape index (κ1) is 34.4. The molecule has 2 aliphatic carbocycles. The Morgan fingerprint density at radius 3 is 2.28 bits per heavy atom. The number of hydrogen-bond donors (Lipinski definition) is 3. The maximum absolute atomic E-state index is 14.5. The third kappa shape index (κ3) is 8.13. The summed E-state index contributed by atoms with van der Waals surface area (Å²) in [6, 6.07) is 6.15. The summed E-state index contributed by atoms with van der Waals surface area (Å²) in [6.07, 6.45) is 5.41. The van der Waals surface area contributed by atoms with Crippen LogP contribution in [0.15, 0.2) is 30.3 Å². The number of alkyl carbamates (subject to hydrolysis) is 1. The zero-order chi connectivity index (χ0) is 33.9. The Labute approximate surface area is 276 Å². The van der Waals surface area contributed by atoms with Gasteiger partial charge in [-0.05, 0) is 68.9 Å². The quantitative estimate of drug-likeness (QED) is 0.311. The number of ether oxygens (including phenoxy) is 1. The van der Waals surface area contributed by atoms with E-state index in [9.17, 15) is 28.8 Å². The highest BCUT2D eigenvalue weighted by molar-refractivity contribution is 6.38. The molecule has 0 radical (unpaired) electrons. The number of amides is 5. The Balaban J connectivity index is 1.40. The average molecular weight is 652 g/mol. The summed E-state index contributed by atoms with van der Waals surface area (Å²) in [7, 11) is 0. The van der Waals surface area contributed by atoms with Gasteiger partial charge in [0.25, 0.3) is 5.91 Å². The molecule has 0 bridgehead atoms. The van der Waals surface area contributed by atoms with Crippen LogP contribution in [-0.4, -0.2) is 83.8 Å². The minimum atomic E-state index is -1.05.